The zero-order valence-corrected chi connectivity index (χ0v) is 27.3. The summed E-state index contributed by atoms with van der Waals surface area (Å²) in [6.45, 7) is 4.18. The maximum absolute atomic E-state index is 14.6. The number of hydrogen-bond donors (Lipinski definition) is 1. The molecule has 0 radical (unpaired) electrons. The first kappa shape index (κ1) is 33.4. The van der Waals surface area contributed by atoms with E-state index >= 15 is 0 Å². The second kappa shape index (κ2) is 14.2. The normalized spacial score (nSPS) is 23.3. The van der Waals surface area contributed by atoms with E-state index in [2.05, 4.69) is 15.3 Å². The quantitative estimate of drug-likeness (QED) is 0.284. The van der Waals surface area contributed by atoms with Gasteiger partial charge >= 0.3 is 11.9 Å². The largest absolute Gasteiger partial charge is 0.466 e. The lowest BCUT2D eigenvalue weighted by Crippen LogP contribution is -2.46. The summed E-state index contributed by atoms with van der Waals surface area (Å²) in [5.74, 6) is -3.62. The lowest BCUT2D eigenvalue weighted by molar-refractivity contribution is -0.149. The summed E-state index contributed by atoms with van der Waals surface area (Å²) in [5.41, 5.74) is 0.653. The van der Waals surface area contributed by atoms with E-state index in [1.54, 1.807) is 25.4 Å². The summed E-state index contributed by atoms with van der Waals surface area (Å²) in [6.07, 6.45) is 4.05. The van der Waals surface area contributed by atoms with Crippen LogP contribution in [0.3, 0.4) is 0 Å². The number of aromatic nitrogens is 1. The molecule has 2 aliphatic heterocycles. The molecule has 15 heteroatoms. The number of thiazole rings is 1. The van der Waals surface area contributed by atoms with Crippen molar-refractivity contribution in [2.75, 3.05) is 26.3 Å². The van der Waals surface area contributed by atoms with E-state index in [1.807, 2.05) is 0 Å². The third-order valence-electron chi connectivity index (χ3n) is 8.50. The molecule has 10 nitrogen and oxygen atoms in total. The van der Waals surface area contributed by atoms with Crippen LogP contribution in [0, 0.1) is 23.5 Å². The summed E-state index contributed by atoms with van der Waals surface area (Å²) in [5, 5.41) is 4.45. The Morgan fingerprint density at radius 3 is 2.38 bits per heavy atom. The molecule has 0 bridgehead atoms. The molecule has 45 heavy (non-hydrogen) atoms. The standard InChI is InChI=1S/C30H35ClF2N4O6S2/c1-3-42-29(38)18-5-7-19(8-6-18)45(40,41)37-14-11-17(12-15-37)25-22(30(39)43-4-2)26(20-9-10-21(32)24(33)23(20)31)36-27(35-25)28-34-13-16-44-28/h9-10,13,16-19,26H,3-8,11-12,14-15H2,1-2H3,(H,35,36). The number of nitrogens with zero attached hydrogens (tertiary/aromatic N) is 3. The fourth-order valence-corrected chi connectivity index (χ4v) is 9.07. The minimum Gasteiger partial charge on any atom is -0.466 e. The molecule has 0 amide bonds. The van der Waals surface area contributed by atoms with Gasteiger partial charge in [0.05, 0.1) is 35.0 Å². The van der Waals surface area contributed by atoms with Crippen molar-refractivity contribution in [2.45, 2.75) is 63.7 Å². The SMILES string of the molecule is CCOC(=O)C1=C(C2CCN(S(=O)(=O)C3CCC(C(=O)OCC)CC3)CC2)NC(c2nccs2)=NC1c1ccc(F)c(F)c1Cl. The third-order valence-corrected chi connectivity index (χ3v) is 12.1. The number of rotatable bonds is 9. The van der Waals surface area contributed by atoms with Crippen molar-refractivity contribution in [3.05, 3.63) is 62.2 Å². The van der Waals surface area contributed by atoms with Gasteiger partial charge in [0.2, 0.25) is 10.0 Å². The fraction of sp³-hybridized carbons (Fsp3) is 0.533. The van der Waals surface area contributed by atoms with E-state index in [0.29, 0.717) is 61.7 Å². The molecule has 244 valence electrons. The second-order valence-electron chi connectivity index (χ2n) is 11.1. The number of aliphatic imine (C=N–C) groups is 1. The smallest absolute Gasteiger partial charge is 0.338 e. The van der Waals surface area contributed by atoms with Gasteiger partial charge in [0.1, 0.15) is 6.04 Å². The Morgan fingerprint density at radius 2 is 1.76 bits per heavy atom. The van der Waals surface area contributed by atoms with Crippen LogP contribution in [0.2, 0.25) is 5.02 Å². The van der Waals surface area contributed by atoms with Crippen LogP contribution in [-0.4, -0.2) is 67.0 Å². The summed E-state index contributed by atoms with van der Waals surface area (Å²) in [6, 6.07) is 1.10. The highest BCUT2D eigenvalue weighted by atomic mass is 35.5. The zero-order valence-electron chi connectivity index (χ0n) is 24.9. The number of esters is 2. The van der Waals surface area contributed by atoms with Gasteiger partial charge < -0.3 is 14.8 Å². The lowest BCUT2D eigenvalue weighted by atomic mass is 9.86. The first-order valence-corrected chi connectivity index (χ1v) is 17.8. The minimum absolute atomic E-state index is 0.0615. The average Bonchev–Trinajstić information content (AvgIpc) is 3.59. The van der Waals surface area contributed by atoms with Crippen molar-refractivity contribution in [1.29, 1.82) is 0 Å². The maximum atomic E-state index is 14.6. The topological polar surface area (TPSA) is 127 Å². The van der Waals surface area contributed by atoms with Gasteiger partial charge in [0, 0.05) is 41.8 Å². The van der Waals surface area contributed by atoms with Crippen molar-refractivity contribution in [3.63, 3.8) is 0 Å². The van der Waals surface area contributed by atoms with Crippen LogP contribution in [0.1, 0.15) is 69.0 Å². The van der Waals surface area contributed by atoms with Gasteiger partial charge in [-0.15, -0.1) is 11.3 Å². The summed E-state index contributed by atoms with van der Waals surface area (Å²) >= 11 is 7.58. The second-order valence-corrected chi connectivity index (χ2v) is 14.6. The number of nitrogens with one attached hydrogen (secondary N) is 1. The third kappa shape index (κ3) is 6.93. The fourth-order valence-electron chi connectivity index (χ4n) is 6.21. The lowest BCUT2D eigenvalue weighted by Gasteiger charge is -2.38. The molecule has 3 heterocycles. The van der Waals surface area contributed by atoms with Crippen LogP contribution in [0.25, 0.3) is 0 Å². The number of ether oxygens (including phenoxy) is 2. The number of halogens is 3. The van der Waals surface area contributed by atoms with Gasteiger partial charge in [-0.25, -0.2) is 31.3 Å². The van der Waals surface area contributed by atoms with Gasteiger partial charge in [-0.1, -0.05) is 17.7 Å². The molecule has 1 N–H and O–H groups in total. The monoisotopic (exact) mass is 684 g/mol. The molecule has 1 aromatic heterocycles. The molecular formula is C30H35ClF2N4O6S2. The molecule has 1 aromatic carbocycles. The minimum atomic E-state index is -3.63. The van der Waals surface area contributed by atoms with Crippen LogP contribution in [0.5, 0.6) is 0 Å². The van der Waals surface area contributed by atoms with E-state index in [9.17, 15) is 26.8 Å². The Balaban J connectivity index is 1.42. The van der Waals surface area contributed by atoms with Crippen LogP contribution in [-0.2, 0) is 29.1 Å². The maximum Gasteiger partial charge on any atom is 0.338 e. The van der Waals surface area contributed by atoms with E-state index in [1.165, 1.54) is 21.7 Å². The summed E-state index contributed by atoms with van der Waals surface area (Å²) < 4.78 is 67.9. The van der Waals surface area contributed by atoms with E-state index in [-0.39, 0.29) is 48.6 Å². The molecular weight excluding hydrogens is 650 g/mol. The Morgan fingerprint density at radius 1 is 1.07 bits per heavy atom. The van der Waals surface area contributed by atoms with Gasteiger partial charge in [0.25, 0.3) is 0 Å². The highest BCUT2D eigenvalue weighted by Crippen LogP contribution is 2.41. The molecule has 1 aliphatic carbocycles. The molecule has 2 aromatic rings. The molecule has 5 rings (SSSR count). The van der Waals surface area contributed by atoms with Crippen molar-refractivity contribution < 1.29 is 36.3 Å². The van der Waals surface area contributed by atoms with E-state index in [4.69, 9.17) is 21.1 Å². The molecule has 1 unspecified atom stereocenters. The predicted molar refractivity (Wildman–Crippen MR) is 165 cm³/mol. The summed E-state index contributed by atoms with van der Waals surface area (Å²) in [4.78, 5) is 34.6. The molecule has 3 aliphatic rings. The summed E-state index contributed by atoms with van der Waals surface area (Å²) in [7, 11) is -3.63. The Kier molecular flexibility index (Phi) is 10.6. The van der Waals surface area contributed by atoms with Crippen LogP contribution < -0.4 is 5.32 Å². The molecule has 0 spiro atoms. The number of allylic oxidation sites excluding steroid dienone is 1. The number of sulfonamides is 1. The first-order valence-electron chi connectivity index (χ1n) is 15.0. The zero-order chi connectivity index (χ0) is 32.3. The Bertz CT molecular complexity index is 1590. The van der Waals surface area contributed by atoms with Gasteiger partial charge in [-0.2, -0.15) is 0 Å². The molecule has 1 saturated carbocycles. The number of benzene rings is 1. The highest BCUT2D eigenvalue weighted by molar-refractivity contribution is 7.89. The Hall–Kier alpha value is -2.94. The molecule has 1 atom stereocenters. The van der Waals surface area contributed by atoms with Gasteiger partial charge in [-0.3, -0.25) is 9.79 Å². The number of amidine groups is 1. The van der Waals surface area contributed by atoms with Crippen LogP contribution >= 0.6 is 22.9 Å². The van der Waals surface area contributed by atoms with E-state index < -0.39 is 43.9 Å². The van der Waals surface area contributed by atoms with Crippen LogP contribution in [0.4, 0.5) is 8.78 Å². The number of carbonyl (C=O) groups is 2. The Labute approximate surface area is 269 Å². The van der Waals surface area contributed by atoms with Gasteiger partial charge in [-0.05, 0) is 58.4 Å². The molecule has 2 fully saturated rings. The number of piperidine rings is 1. The first-order chi connectivity index (χ1) is 21.6. The van der Waals surface area contributed by atoms with Crippen LogP contribution in [0.15, 0.2) is 40.0 Å². The predicted octanol–water partition coefficient (Wildman–Crippen LogP) is 5.15. The number of carbonyl (C=O) groups excluding carboxylic acids is 2. The average molecular weight is 685 g/mol. The van der Waals surface area contributed by atoms with Crippen molar-refractivity contribution in [2.24, 2.45) is 16.8 Å². The van der Waals surface area contributed by atoms with Crippen molar-refractivity contribution in [3.8, 4) is 0 Å². The number of hydrogen-bond acceptors (Lipinski definition) is 10. The highest BCUT2D eigenvalue weighted by Gasteiger charge is 2.42. The van der Waals surface area contributed by atoms with Crippen molar-refractivity contribution >= 4 is 50.7 Å². The molecule has 1 saturated heterocycles. The van der Waals surface area contributed by atoms with Crippen molar-refractivity contribution in [1.82, 2.24) is 14.6 Å². The van der Waals surface area contributed by atoms with Gasteiger partial charge in [0.15, 0.2) is 22.5 Å². The van der Waals surface area contributed by atoms with E-state index in [0.717, 1.165) is 6.07 Å².